The Hall–Kier alpha value is -2.29. The summed E-state index contributed by atoms with van der Waals surface area (Å²) in [6, 6.07) is 6.07. The van der Waals surface area contributed by atoms with Crippen LogP contribution in [0.1, 0.15) is 39.2 Å². The van der Waals surface area contributed by atoms with Crippen molar-refractivity contribution in [3.05, 3.63) is 23.9 Å². The smallest absolute Gasteiger partial charge is 0.410 e. The highest BCUT2D eigenvalue weighted by molar-refractivity contribution is 5.70. The number of nitrogens with zero attached hydrogens (tertiary/aromatic N) is 4. The van der Waals surface area contributed by atoms with Crippen molar-refractivity contribution in [3.8, 4) is 6.07 Å². The van der Waals surface area contributed by atoms with Crippen molar-refractivity contribution in [1.82, 2.24) is 9.88 Å². The molecule has 6 heteroatoms. The minimum Gasteiger partial charge on any atom is -0.444 e. The van der Waals surface area contributed by atoms with Gasteiger partial charge in [-0.3, -0.25) is 4.90 Å². The van der Waals surface area contributed by atoms with Gasteiger partial charge < -0.3 is 9.64 Å². The lowest BCUT2D eigenvalue weighted by Gasteiger charge is -2.41. The first kappa shape index (κ1) is 15.6. The molecule has 1 aromatic rings. The number of nitriles is 1. The second-order valence-electron chi connectivity index (χ2n) is 7.19. The Labute approximate surface area is 136 Å². The third-order valence-corrected chi connectivity index (χ3v) is 4.29. The summed E-state index contributed by atoms with van der Waals surface area (Å²) >= 11 is 0. The van der Waals surface area contributed by atoms with Crippen molar-refractivity contribution >= 4 is 11.9 Å². The molecule has 0 unspecified atom stereocenters. The molecule has 0 aromatic carbocycles. The van der Waals surface area contributed by atoms with E-state index in [0.29, 0.717) is 5.56 Å². The number of fused-ring (bicyclic) bond motifs is 2. The normalized spacial score (nSPS) is 23.6. The molecule has 23 heavy (non-hydrogen) atoms. The Bertz CT molecular complexity index is 615. The number of aromatic nitrogens is 1. The molecule has 0 aliphatic carbocycles. The lowest BCUT2D eigenvalue weighted by Crippen LogP contribution is -2.57. The second-order valence-corrected chi connectivity index (χ2v) is 7.19. The Morgan fingerprint density at radius 3 is 2.43 bits per heavy atom. The standard InChI is InChI=1S/C17H22N4O2/c1-17(2,3)23-16(22)21-13-5-6-14(21)11-20(10-13)15-7-4-12(8-18)9-19-15/h4,7,9,13-14H,5-6,10-11H2,1-3H3/t13-,14+. The molecule has 6 nitrogen and oxygen atoms in total. The number of carbonyl (C=O) groups is 1. The SMILES string of the molecule is CC(C)(C)OC(=O)N1[C@@H]2CC[C@H]1CN(c1ccc(C#N)cn1)C2. The van der Waals surface area contributed by atoms with Gasteiger partial charge in [0.2, 0.25) is 0 Å². The highest BCUT2D eigenvalue weighted by atomic mass is 16.6. The van der Waals surface area contributed by atoms with Crippen LogP contribution in [0.3, 0.4) is 0 Å². The van der Waals surface area contributed by atoms with Crippen molar-refractivity contribution in [2.75, 3.05) is 18.0 Å². The number of rotatable bonds is 1. The average molecular weight is 314 g/mol. The fraction of sp³-hybridized carbons (Fsp3) is 0.588. The summed E-state index contributed by atoms with van der Waals surface area (Å²) < 4.78 is 5.55. The van der Waals surface area contributed by atoms with Crippen LogP contribution in [-0.4, -0.2) is 46.8 Å². The molecular weight excluding hydrogens is 292 g/mol. The lowest BCUT2D eigenvalue weighted by atomic mass is 10.2. The minimum atomic E-state index is -0.470. The summed E-state index contributed by atoms with van der Waals surface area (Å²) in [5.74, 6) is 0.865. The number of ether oxygens (including phenoxy) is 1. The summed E-state index contributed by atoms with van der Waals surface area (Å²) in [5, 5.41) is 8.86. The summed E-state index contributed by atoms with van der Waals surface area (Å²) in [7, 11) is 0. The molecule has 2 fully saturated rings. The topological polar surface area (TPSA) is 69.5 Å². The Kier molecular flexibility index (Phi) is 3.88. The van der Waals surface area contributed by atoms with Gasteiger partial charge >= 0.3 is 6.09 Å². The molecule has 2 bridgehead atoms. The maximum absolute atomic E-state index is 12.4. The van der Waals surface area contributed by atoms with Crippen LogP contribution in [-0.2, 0) is 4.74 Å². The molecule has 3 heterocycles. The number of amides is 1. The van der Waals surface area contributed by atoms with E-state index >= 15 is 0 Å². The third-order valence-electron chi connectivity index (χ3n) is 4.29. The van der Waals surface area contributed by atoms with Crippen molar-refractivity contribution in [1.29, 1.82) is 5.26 Å². The molecular formula is C17H22N4O2. The van der Waals surface area contributed by atoms with E-state index in [1.54, 1.807) is 12.3 Å². The lowest BCUT2D eigenvalue weighted by molar-refractivity contribution is 0.0123. The molecule has 2 aliphatic rings. The van der Waals surface area contributed by atoms with Crippen molar-refractivity contribution < 1.29 is 9.53 Å². The van der Waals surface area contributed by atoms with Crippen molar-refractivity contribution in [3.63, 3.8) is 0 Å². The van der Waals surface area contributed by atoms with Gasteiger partial charge in [-0.2, -0.15) is 5.26 Å². The van der Waals surface area contributed by atoms with Crippen LogP contribution in [0, 0.1) is 11.3 Å². The van der Waals surface area contributed by atoms with Gasteiger partial charge in [-0.05, 0) is 45.7 Å². The van der Waals surface area contributed by atoms with Crippen LogP contribution in [0.5, 0.6) is 0 Å². The second kappa shape index (κ2) is 5.73. The summed E-state index contributed by atoms with van der Waals surface area (Å²) in [6.07, 6.45) is 3.38. The van der Waals surface area contributed by atoms with Crippen molar-refractivity contribution in [2.45, 2.75) is 51.3 Å². The fourth-order valence-electron chi connectivity index (χ4n) is 3.34. The molecule has 1 aromatic heterocycles. The highest BCUT2D eigenvalue weighted by Gasteiger charge is 2.44. The van der Waals surface area contributed by atoms with E-state index in [4.69, 9.17) is 10.00 Å². The van der Waals surface area contributed by atoms with Crippen LogP contribution in [0.2, 0.25) is 0 Å². The average Bonchev–Trinajstić information content (AvgIpc) is 2.76. The molecule has 2 atom stereocenters. The van der Waals surface area contributed by atoms with Crippen LogP contribution >= 0.6 is 0 Å². The van der Waals surface area contributed by atoms with Gasteiger partial charge in [0.05, 0.1) is 17.6 Å². The predicted octanol–water partition coefficient (Wildman–Crippen LogP) is 2.54. The summed E-state index contributed by atoms with van der Waals surface area (Å²) in [5.41, 5.74) is 0.0895. The van der Waals surface area contributed by atoms with Gasteiger partial charge in [0.25, 0.3) is 0 Å². The first-order valence-corrected chi connectivity index (χ1v) is 8.00. The van der Waals surface area contributed by atoms with Gasteiger partial charge in [0.1, 0.15) is 17.5 Å². The van der Waals surface area contributed by atoms with E-state index < -0.39 is 5.60 Å². The molecule has 2 saturated heterocycles. The summed E-state index contributed by atoms with van der Waals surface area (Å²) in [6.45, 7) is 7.19. The molecule has 0 saturated carbocycles. The number of hydrogen-bond donors (Lipinski definition) is 0. The molecule has 0 radical (unpaired) electrons. The summed E-state index contributed by atoms with van der Waals surface area (Å²) in [4.78, 5) is 20.9. The maximum atomic E-state index is 12.4. The van der Waals surface area contributed by atoms with Crippen LogP contribution in [0.4, 0.5) is 10.6 Å². The van der Waals surface area contributed by atoms with Crippen molar-refractivity contribution in [2.24, 2.45) is 0 Å². The fourth-order valence-corrected chi connectivity index (χ4v) is 3.34. The molecule has 122 valence electrons. The molecule has 0 spiro atoms. The number of anilines is 1. The van der Waals surface area contributed by atoms with Gasteiger partial charge in [0.15, 0.2) is 0 Å². The first-order chi connectivity index (χ1) is 10.9. The number of piperazine rings is 1. The van der Waals surface area contributed by atoms with Crippen LogP contribution < -0.4 is 4.90 Å². The molecule has 1 amide bonds. The monoisotopic (exact) mass is 314 g/mol. The van der Waals surface area contributed by atoms with Gasteiger partial charge in [0, 0.05) is 19.3 Å². The third kappa shape index (κ3) is 3.24. The molecule has 2 aliphatic heterocycles. The van der Waals surface area contributed by atoms with E-state index in [0.717, 1.165) is 31.7 Å². The Morgan fingerprint density at radius 2 is 1.96 bits per heavy atom. The zero-order chi connectivity index (χ0) is 16.6. The van der Waals surface area contributed by atoms with Crippen LogP contribution in [0.25, 0.3) is 0 Å². The van der Waals surface area contributed by atoms with E-state index in [-0.39, 0.29) is 18.2 Å². The Balaban J connectivity index is 1.71. The minimum absolute atomic E-state index is 0.168. The van der Waals surface area contributed by atoms with E-state index in [1.807, 2.05) is 31.7 Å². The number of hydrogen-bond acceptors (Lipinski definition) is 5. The maximum Gasteiger partial charge on any atom is 0.410 e. The molecule has 0 N–H and O–H groups in total. The first-order valence-electron chi connectivity index (χ1n) is 8.00. The van der Waals surface area contributed by atoms with Gasteiger partial charge in [-0.15, -0.1) is 0 Å². The van der Waals surface area contributed by atoms with E-state index in [9.17, 15) is 4.79 Å². The highest BCUT2D eigenvalue weighted by Crippen LogP contribution is 2.33. The zero-order valence-electron chi connectivity index (χ0n) is 13.8. The van der Waals surface area contributed by atoms with Crippen LogP contribution in [0.15, 0.2) is 18.3 Å². The van der Waals surface area contributed by atoms with E-state index in [1.165, 1.54) is 0 Å². The predicted molar refractivity (Wildman–Crippen MR) is 86.0 cm³/mol. The molecule has 3 rings (SSSR count). The van der Waals surface area contributed by atoms with E-state index in [2.05, 4.69) is 16.0 Å². The van der Waals surface area contributed by atoms with Gasteiger partial charge in [-0.1, -0.05) is 0 Å². The number of pyridine rings is 1. The zero-order valence-corrected chi connectivity index (χ0v) is 13.8. The Morgan fingerprint density at radius 1 is 1.30 bits per heavy atom. The van der Waals surface area contributed by atoms with Gasteiger partial charge in [-0.25, -0.2) is 9.78 Å². The largest absolute Gasteiger partial charge is 0.444 e. The quantitative estimate of drug-likeness (QED) is 0.796. The number of carbonyl (C=O) groups excluding carboxylic acids is 1.